The molecule has 0 N–H and O–H groups in total. The van der Waals surface area contributed by atoms with Crippen molar-refractivity contribution in [3.8, 4) is 0 Å². The molecule has 0 saturated carbocycles. The van der Waals surface area contributed by atoms with Crippen LogP contribution in [0.25, 0.3) is 0 Å². The molecule has 0 amide bonds. The maximum Gasteiger partial charge on any atom is 0.341 e. The number of carbonyl (C=O) groups excluding carboxylic acids is 2. The van der Waals surface area contributed by atoms with E-state index in [1.54, 1.807) is 0 Å². The van der Waals surface area contributed by atoms with Crippen molar-refractivity contribution in [1.82, 2.24) is 0 Å². The highest BCUT2D eigenvalue weighted by molar-refractivity contribution is 6.20. The highest BCUT2D eigenvalue weighted by Crippen LogP contribution is 2.00. The number of rotatable bonds is 5. The second kappa shape index (κ2) is 5.30. The van der Waals surface area contributed by atoms with Gasteiger partial charge in [0.05, 0.1) is 12.2 Å². The van der Waals surface area contributed by atoms with Crippen LogP contribution in [0.5, 0.6) is 0 Å². The van der Waals surface area contributed by atoms with Gasteiger partial charge in [-0.25, -0.2) is 4.79 Å². The van der Waals surface area contributed by atoms with Crippen LogP contribution >= 0.6 is 0 Å². The molecule has 0 radical (unpaired) electrons. The van der Waals surface area contributed by atoms with Crippen LogP contribution in [-0.2, 0) is 14.3 Å². The van der Waals surface area contributed by atoms with Crippen molar-refractivity contribution in [1.29, 1.82) is 0 Å². The monoisotopic (exact) mass is 182 g/mol. The third-order valence-electron chi connectivity index (χ3n) is 1.28. The zero-order valence-electron chi connectivity index (χ0n) is 8.00. The first-order valence-electron chi connectivity index (χ1n) is 4.01. The van der Waals surface area contributed by atoms with Gasteiger partial charge in [0.25, 0.3) is 0 Å². The van der Waals surface area contributed by atoms with Gasteiger partial charge in [0.1, 0.15) is 0 Å². The first kappa shape index (κ1) is 11.6. The number of allylic oxidation sites excluding steroid dienone is 1. The maximum absolute atomic E-state index is 11.1. The lowest BCUT2D eigenvalue weighted by Crippen LogP contribution is -2.15. The Morgan fingerprint density at radius 2 is 2.00 bits per heavy atom. The van der Waals surface area contributed by atoms with Crippen molar-refractivity contribution < 1.29 is 14.3 Å². The summed E-state index contributed by atoms with van der Waals surface area (Å²) in [4.78, 5) is 21.9. The molecule has 0 aliphatic heterocycles. The summed E-state index contributed by atoms with van der Waals surface area (Å²) in [7, 11) is 0. The molecular weight excluding hydrogens is 168 g/mol. The molecule has 0 aromatic heterocycles. The third-order valence-corrected chi connectivity index (χ3v) is 1.28. The van der Waals surface area contributed by atoms with Gasteiger partial charge in [-0.15, -0.1) is 0 Å². The van der Waals surface area contributed by atoms with Crippen molar-refractivity contribution in [2.45, 2.75) is 13.8 Å². The highest BCUT2D eigenvalue weighted by atomic mass is 16.5. The van der Waals surface area contributed by atoms with Crippen LogP contribution in [0, 0.1) is 5.92 Å². The fourth-order valence-electron chi connectivity index (χ4n) is 0.553. The number of hydrogen-bond donors (Lipinski definition) is 0. The fraction of sp³-hybridized carbons (Fsp3) is 0.400. The number of ether oxygens (including phenoxy) is 1. The van der Waals surface area contributed by atoms with E-state index in [1.807, 2.05) is 13.8 Å². The molecule has 0 aromatic carbocycles. The average Bonchev–Trinajstić information content (AvgIpc) is 2.11. The van der Waals surface area contributed by atoms with Crippen LogP contribution in [-0.4, -0.2) is 18.4 Å². The summed E-state index contributed by atoms with van der Waals surface area (Å²) in [5.74, 6) is -0.914. The van der Waals surface area contributed by atoms with Crippen molar-refractivity contribution in [2.24, 2.45) is 5.92 Å². The summed E-state index contributed by atoms with van der Waals surface area (Å²) in [6.45, 7) is 10.7. The molecule has 0 saturated heterocycles. The molecule has 3 heteroatoms. The van der Waals surface area contributed by atoms with Gasteiger partial charge in [-0.1, -0.05) is 27.0 Å². The van der Waals surface area contributed by atoms with Crippen molar-refractivity contribution in [3.63, 3.8) is 0 Å². The Morgan fingerprint density at radius 3 is 2.38 bits per heavy atom. The molecule has 72 valence electrons. The molecule has 3 nitrogen and oxygen atoms in total. The third kappa shape index (κ3) is 4.25. The van der Waals surface area contributed by atoms with Crippen LogP contribution in [0.3, 0.4) is 0 Å². The summed E-state index contributed by atoms with van der Waals surface area (Å²) in [5, 5.41) is 0. The highest BCUT2D eigenvalue weighted by Gasteiger charge is 2.14. The van der Waals surface area contributed by atoms with E-state index in [0.717, 1.165) is 6.08 Å². The lowest BCUT2D eigenvalue weighted by Gasteiger charge is -2.06. The number of ketones is 1. The van der Waals surface area contributed by atoms with Gasteiger partial charge in [0.2, 0.25) is 0 Å². The van der Waals surface area contributed by atoms with Gasteiger partial charge in [-0.3, -0.25) is 4.79 Å². The van der Waals surface area contributed by atoms with Gasteiger partial charge in [0, 0.05) is 0 Å². The molecular formula is C10H14O3. The Bertz CT molecular complexity index is 239. The topological polar surface area (TPSA) is 43.4 Å². The normalized spacial score (nSPS) is 9.46. The smallest absolute Gasteiger partial charge is 0.341 e. The molecule has 0 spiro atoms. The van der Waals surface area contributed by atoms with Crippen LogP contribution < -0.4 is 0 Å². The fourth-order valence-corrected chi connectivity index (χ4v) is 0.553. The largest absolute Gasteiger partial charge is 0.462 e. The Kier molecular flexibility index (Phi) is 4.74. The Labute approximate surface area is 78.1 Å². The molecule has 0 aliphatic carbocycles. The minimum atomic E-state index is -0.668. The molecule has 0 rings (SSSR count). The Morgan fingerprint density at radius 1 is 1.46 bits per heavy atom. The zero-order valence-corrected chi connectivity index (χ0v) is 8.00. The molecule has 0 bridgehead atoms. The lowest BCUT2D eigenvalue weighted by molar-refractivity contribution is -0.141. The van der Waals surface area contributed by atoms with Crippen molar-refractivity contribution >= 4 is 11.8 Å². The van der Waals surface area contributed by atoms with Gasteiger partial charge in [-0.2, -0.15) is 0 Å². The molecule has 0 unspecified atom stereocenters. The van der Waals surface area contributed by atoms with E-state index in [0.29, 0.717) is 6.61 Å². The SMILES string of the molecule is C=CC(=O)C(=C)C(=O)OCC(C)C. The van der Waals surface area contributed by atoms with Gasteiger partial charge in [0.15, 0.2) is 5.78 Å². The Balaban J connectivity index is 4.05. The van der Waals surface area contributed by atoms with E-state index in [-0.39, 0.29) is 11.5 Å². The van der Waals surface area contributed by atoms with Gasteiger partial charge in [-0.05, 0) is 12.0 Å². The van der Waals surface area contributed by atoms with E-state index in [9.17, 15) is 9.59 Å². The second-order valence-corrected chi connectivity index (χ2v) is 3.04. The van der Waals surface area contributed by atoms with Crippen LogP contribution in [0.1, 0.15) is 13.8 Å². The number of carbonyl (C=O) groups is 2. The molecule has 13 heavy (non-hydrogen) atoms. The summed E-state index contributed by atoms with van der Waals surface area (Å²) in [5.41, 5.74) is -0.171. The lowest BCUT2D eigenvalue weighted by atomic mass is 10.2. The summed E-state index contributed by atoms with van der Waals surface area (Å²) in [6.07, 6.45) is 1.04. The minimum absolute atomic E-state index is 0.171. The average molecular weight is 182 g/mol. The van der Waals surface area contributed by atoms with Gasteiger partial charge >= 0.3 is 5.97 Å². The first-order valence-corrected chi connectivity index (χ1v) is 4.01. The van der Waals surface area contributed by atoms with E-state index < -0.39 is 11.8 Å². The van der Waals surface area contributed by atoms with Crippen LogP contribution in [0.2, 0.25) is 0 Å². The molecule has 0 atom stereocenters. The predicted octanol–water partition coefficient (Wildman–Crippen LogP) is 1.50. The summed E-state index contributed by atoms with van der Waals surface area (Å²) >= 11 is 0. The summed E-state index contributed by atoms with van der Waals surface area (Å²) in [6, 6.07) is 0. The predicted molar refractivity (Wildman–Crippen MR) is 50.1 cm³/mol. The van der Waals surface area contributed by atoms with Gasteiger partial charge < -0.3 is 4.74 Å². The van der Waals surface area contributed by atoms with E-state index in [2.05, 4.69) is 13.2 Å². The summed E-state index contributed by atoms with van der Waals surface area (Å²) < 4.78 is 4.78. The molecule has 0 aromatic rings. The van der Waals surface area contributed by atoms with Crippen molar-refractivity contribution in [3.05, 3.63) is 24.8 Å². The minimum Gasteiger partial charge on any atom is -0.462 e. The second-order valence-electron chi connectivity index (χ2n) is 3.04. The van der Waals surface area contributed by atoms with Crippen molar-refractivity contribution in [2.75, 3.05) is 6.61 Å². The molecule has 0 heterocycles. The first-order chi connectivity index (χ1) is 5.99. The molecule has 0 aliphatic rings. The molecule has 0 fully saturated rings. The van der Waals surface area contributed by atoms with E-state index in [4.69, 9.17) is 4.74 Å². The quantitative estimate of drug-likeness (QED) is 0.280. The maximum atomic E-state index is 11.1. The van der Waals surface area contributed by atoms with Crippen LogP contribution in [0.4, 0.5) is 0 Å². The van der Waals surface area contributed by atoms with E-state index >= 15 is 0 Å². The number of hydrogen-bond acceptors (Lipinski definition) is 3. The van der Waals surface area contributed by atoms with E-state index in [1.165, 1.54) is 0 Å². The standard InChI is InChI=1S/C10H14O3/c1-5-9(11)8(4)10(12)13-6-7(2)3/h5,7H,1,4,6H2,2-3H3. The van der Waals surface area contributed by atoms with Crippen LogP contribution in [0.15, 0.2) is 24.8 Å². The number of esters is 1. The Hall–Kier alpha value is -1.38. The zero-order chi connectivity index (χ0) is 10.4.